The largest absolute Gasteiger partial charge is 0.384 e. The first kappa shape index (κ1) is 18.4. The van der Waals surface area contributed by atoms with Crippen molar-refractivity contribution in [2.24, 2.45) is 12.2 Å². The zero-order chi connectivity index (χ0) is 20.4. The third kappa shape index (κ3) is 3.46. The van der Waals surface area contributed by atoms with Gasteiger partial charge < -0.3 is 14.3 Å². The molecule has 144 valence electrons. The molecule has 8 heteroatoms. The summed E-state index contributed by atoms with van der Waals surface area (Å²) in [6, 6.07) is 12.9. The van der Waals surface area contributed by atoms with Crippen molar-refractivity contribution in [2.75, 3.05) is 11.9 Å². The molecule has 2 aromatic heterocycles. The lowest BCUT2D eigenvalue weighted by atomic mass is 10.0. The van der Waals surface area contributed by atoms with Crippen molar-refractivity contribution in [2.45, 2.75) is 12.5 Å². The highest BCUT2D eigenvalue weighted by Gasteiger charge is 2.30. The number of pyridine rings is 1. The van der Waals surface area contributed by atoms with Gasteiger partial charge in [0, 0.05) is 32.3 Å². The lowest BCUT2D eigenvalue weighted by Crippen LogP contribution is -2.28. The number of carbonyl (C=O) groups is 1. The molecule has 1 atom stereocenters. The number of benzene rings is 1. The quantitative estimate of drug-likeness (QED) is 0.687. The number of oxime groups is 1. The zero-order valence-corrected chi connectivity index (χ0v) is 16.0. The predicted octanol–water partition coefficient (Wildman–Crippen LogP) is 2.83. The van der Waals surface area contributed by atoms with E-state index in [9.17, 15) is 4.79 Å². The van der Waals surface area contributed by atoms with Crippen LogP contribution in [0.3, 0.4) is 0 Å². The number of imidazole rings is 1. The molecule has 8 nitrogen and oxygen atoms in total. The molecule has 3 heterocycles. The third-order valence-electron chi connectivity index (χ3n) is 4.86. The van der Waals surface area contributed by atoms with Gasteiger partial charge in [-0.1, -0.05) is 17.3 Å². The lowest BCUT2D eigenvalue weighted by Gasteiger charge is -2.17. The molecule has 0 bridgehead atoms. The summed E-state index contributed by atoms with van der Waals surface area (Å²) in [5.74, 6) is 0.420. The Morgan fingerprint density at radius 3 is 2.93 bits per heavy atom. The topological polar surface area (TPSA) is 96.4 Å². The minimum atomic E-state index is -0.397. The summed E-state index contributed by atoms with van der Waals surface area (Å²) in [5, 5.41) is 13.2. The number of carbonyl (C=O) groups excluding carboxylic acids is 1. The summed E-state index contributed by atoms with van der Waals surface area (Å²) in [5.41, 5.74) is 3.29. The molecule has 0 fully saturated rings. The van der Waals surface area contributed by atoms with E-state index >= 15 is 0 Å². The highest BCUT2D eigenvalue weighted by Crippen LogP contribution is 2.29. The molecule has 3 aromatic rings. The molecule has 0 N–H and O–H groups in total. The van der Waals surface area contributed by atoms with Gasteiger partial charge in [0.1, 0.15) is 5.69 Å². The van der Waals surface area contributed by atoms with E-state index in [1.165, 1.54) is 4.90 Å². The van der Waals surface area contributed by atoms with Crippen LogP contribution in [0.5, 0.6) is 0 Å². The normalized spacial score (nSPS) is 15.3. The molecule has 0 spiro atoms. The van der Waals surface area contributed by atoms with Crippen molar-refractivity contribution in [3.63, 3.8) is 0 Å². The smallest absolute Gasteiger partial charge is 0.276 e. The first-order chi connectivity index (χ1) is 14.1. The number of amides is 1. The van der Waals surface area contributed by atoms with Gasteiger partial charge in [0.05, 0.1) is 35.4 Å². The molecule has 1 unspecified atom stereocenters. The van der Waals surface area contributed by atoms with E-state index in [4.69, 9.17) is 10.1 Å². The third-order valence-corrected chi connectivity index (χ3v) is 4.86. The molecule has 4 rings (SSSR count). The fourth-order valence-corrected chi connectivity index (χ4v) is 3.22. The molecule has 0 saturated heterocycles. The first-order valence-electron chi connectivity index (χ1n) is 9.01. The van der Waals surface area contributed by atoms with Gasteiger partial charge in [-0.2, -0.15) is 5.26 Å². The predicted molar refractivity (Wildman–Crippen MR) is 106 cm³/mol. The lowest BCUT2D eigenvalue weighted by molar-refractivity contribution is 0.0767. The van der Waals surface area contributed by atoms with Crippen molar-refractivity contribution in [1.29, 1.82) is 5.26 Å². The number of anilines is 1. The molecule has 1 aliphatic rings. The number of hydrogen-bond acceptors (Lipinski definition) is 6. The van der Waals surface area contributed by atoms with Crippen LogP contribution in [0, 0.1) is 11.3 Å². The van der Waals surface area contributed by atoms with Crippen molar-refractivity contribution in [1.82, 2.24) is 14.5 Å². The van der Waals surface area contributed by atoms with Crippen molar-refractivity contribution >= 4 is 17.3 Å². The van der Waals surface area contributed by atoms with Crippen LogP contribution in [-0.2, 0) is 11.9 Å². The van der Waals surface area contributed by atoms with Crippen molar-refractivity contribution < 1.29 is 9.63 Å². The van der Waals surface area contributed by atoms with Crippen LogP contribution >= 0.6 is 0 Å². The van der Waals surface area contributed by atoms with Crippen molar-refractivity contribution in [3.8, 4) is 6.07 Å². The van der Waals surface area contributed by atoms with Crippen LogP contribution in [-0.4, -0.2) is 33.2 Å². The Bertz CT molecular complexity index is 1130. The van der Waals surface area contributed by atoms with Gasteiger partial charge in [-0.05, 0) is 24.3 Å². The van der Waals surface area contributed by atoms with E-state index in [1.807, 2.05) is 18.2 Å². The van der Waals surface area contributed by atoms with E-state index in [1.54, 1.807) is 55.5 Å². The van der Waals surface area contributed by atoms with Crippen LogP contribution in [0.25, 0.3) is 0 Å². The zero-order valence-electron chi connectivity index (χ0n) is 16.0. The molecule has 1 amide bonds. The summed E-state index contributed by atoms with van der Waals surface area (Å²) >= 11 is 0. The molecule has 1 aliphatic heterocycles. The standard InChI is InChI=1S/C21H18N6O2/c1-26(16-7-4-8-23-12-16)21(28)18-13-24-20(27(18)2)19-10-17(25-29-19)15-6-3-5-14(9-15)11-22/h3-9,12-13,19H,10H2,1-2H3. The first-order valence-corrected chi connectivity index (χ1v) is 9.01. The van der Waals surface area contributed by atoms with E-state index in [-0.39, 0.29) is 5.91 Å². The van der Waals surface area contributed by atoms with E-state index in [0.29, 0.717) is 29.2 Å². The summed E-state index contributed by atoms with van der Waals surface area (Å²) < 4.78 is 1.73. The maximum atomic E-state index is 12.9. The summed E-state index contributed by atoms with van der Waals surface area (Å²) in [6.45, 7) is 0. The van der Waals surface area contributed by atoms with Crippen LogP contribution in [0.1, 0.15) is 40.0 Å². The molecule has 0 saturated carbocycles. The second kappa shape index (κ2) is 7.56. The highest BCUT2D eigenvalue weighted by molar-refractivity contribution is 6.04. The van der Waals surface area contributed by atoms with Gasteiger partial charge in [0.15, 0.2) is 11.9 Å². The average Bonchev–Trinajstić information content (AvgIpc) is 3.40. The molecule has 1 aromatic carbocycles. The van der Waals surface area contributed by atoms with Gasteiger partial charge in [-0.15, -0.1) is 0 Å². The van der Waals surface area contributed by atoms with E-state index in [0.717, 1.165) is 11.3 Å². The van der Waals surface area contributed by atoms with E-state index < -0.39 is 6.10 Å². The molecule has 0 aliphatic carbocycles. The monoisotopic (exact) mass is 386 g/mol. The second-order valence-corrected chi connectivity index (χ2v) is 6.66. The number of nitriles is 1. The highest BCUT2D eigenvalue weighted by atomic mass is 16.6. The Morgan fingerprint density at radius 1 is 1.31 bits per heavy atom. The molecule has 29 heavy (non-hydrogen) atoms. The fraction of sp³-hybridized carbons (Fsp3) is 0.190. The van der Waals surface area contributed by atoms with E-state index in [2.05, 4.69) is 21.2 Å². The molecular weight excluding hydrogens is 368 g/mol. The van der Waals surface area contributed by atoms with Gasteiger partial charge in [0.2, 0.25) is 0 Å². The number of hydrogen-bond donors (Lipinski definition) is 0. The molecule has 0 radical (unpaired) electrons. The van der Waals surface area contributed by atoms with Crippen LogP contribution in [0.4, 0.5) is 5.69 Å². The maximum Gasteiger partial charge on any atom is 0.276 e. The summed E-state index contributed by atoms with van der Waals surface area (Å²) in [7, 11) is 3.48. The Balaban J connectivity index is 1.52. The SMILES string of the molecule is CN(C(=O)c1cnc(C2CC(c3cccc(C#N)c3)=NO2)n1C)c1cccnc1. The minimum Gasteiger partial charge on any atom is -0.384 e. The number of nitrogens with zero attached hydrogens (tertiary/aromatic N) is 6. The Kier molecular flexibility index (Phi) is 4.79. The Labute approximate surface area is 167 Å². The number of rotatable bonds is 4. The van der Waals surface area contributed by atoms with Gasteiger partial charge in [0.25, 0.3) is 5.91 Å². The Morgan fingerprint density at radius 2 is 2.17 bits per heavy atom. The molecular formula is C21H18N6O2. The van der Waals surface area contributed by atoms with Crippen molar-refractivity contribution in [3.05, 3.63) is 77.6 Å². The maximum absolute atomic E-state index is 12.9. The average molecular weight is 386 g/mol. The number of aromatic nitrogens is 3. The van der Waals surface area contributed by atoms with Crippen LogP contribution < -0.4 is 4.90 Å². The Hall–Kier alpha value is -3.99. The van der Waals surface area contributed by atoms with Gasteiger partial charge in [-0.25, -0.2) is 4.98 Å². The van der Waals surface area contributed by atoms with Crippen LogP contribution in [0.15, 0.2) is 60.1 Å². The summed E-state index contributed by atoms with van der Waals surface area (Å²) in [6.07, 6.45) is 4.94. The summed E-state index contributed by atoms with van der Waals surface area (Å²) in [4.78, 5) is 28.5. The minimum absolute atomic E-state index is 0.194. The van der Waals surface area contributed by atoms with Gasteiger partial charge >= 0.3 is 0 Å². The van der Waals surface area contributed by atoms with Gasteiger partial charge in [-0.3, -0.25) is 9.78 Å². The fourth-order valence-electron chi connectivity index (χ4n) is 3.22. The van der Waals surface area contributed by atoms with Crippen LogP contribution in [0.2, 0.25) is 0 Å². The second-order valence-electron chi connectivity index (χ2n) is 6.66.